The van der Waals surface area contributed by atoms with E-state index >= 15 is 0 Å². The molecule has 7 heteroatoms. The lowest BCUT2D eigenvalue weighted by atomic mass is 10.0. The van der Waals surface area contributed by atoms with E-state index in [0.717, 1.165) is 5.56 Å². The van der Waals surface area contributed by atoms with Gasteiger partial charge >= 0.3 is 5.88 Å². The Morgan fingerprint density at radius 3 is 2.42 bits per heavy atom. The molecule has 3 aromatic rings. The SMILES string of the molecule is Cc1c(/N=C(\[O-])Nc2ccccc2)on[n+]1C(C)C(O)c1ccccc1. The molecule has 0 saturated carbocycles. The van der Waals surface area contributed by atoms with Gasteiger partial charge in [0.2, 0.25) is 11.3 Å². The number of amidine groups is 1. The van der Waals surface area contributed by atoms with Crippen LogP contribution < -0.4 is 15.1 Å². The van der Waals surface area contributed by atoms with Crippen LogP contribution in [0.25, 0.3) is 0 Å². The number of aliphatic hydroxyl groups is 1. The molecule has 2 aromatic carbocycles. The molecule has 0 bridgehead atoms. The van der Waals surface area contributed by atoms with Crippen LogP contribution in [-0.4, -0.2) is 16.4 Å². The van der Waals surface area contributed by atoms with Crippen LogP contribution in [0.15, 0.2) is 70.2 Å². The molecule has 1 aromatic heterocycles. The first-order chi connectivity index (χ1) is 12.6. The Kier molecular flexibility index (Phi) is 5.28. The quantitative estimate of drug-likeness (QED) is 0.416. The zero-order valence-corrected chi connectivity index (χ0v) is 14.5. The Labute approximate surface area is 151 Å². The highest BCUT2D eigenvalue weighted by Crippen LogP contribution is 2.24. The van der Waals surface area contributed by atoms with Gasteiger partial charge in [-0.2, -0.15) is 0 Å². The third-order valence-electron chi connectivity index (χ3n) is 4.08. The smallest absolute Gasteiger partial charge is 0.325 e. The fourth-order valence-corrected chi connectivity index (χ4v) is 2.62. The molecule has 0 amide bonds. The average molecular weight is 352 g/mol. The van der Waals surface area contributed by atoms with E-state index in [1.165, 1.54) is 4.68 Å². The summed E-state index contributed by atoms with van der Waals surface area (Å²) in [5.74, 6) is 0.102. The number of aromatic nitrogens is 2. The summed E-state index contributed by atoms with van der Waals surface area (Å²) in [5, 5.41) is 29.2. The second kappa shape index (κ2) is 7.79. The Balaban J connectivity index is 1.78. The lowest BCUT2D eigenvalue weighted by molar-refractivity contribution is -0.793. The van der Waals surface area contributed by atoms with Gasteiger partial charge in [-0.25, -0.2) is 4.99 Å². The molecule has 26 heavy (non-hydrogen) atoms. The Bertz CT molecular complexity index is 878. The first-order valence-electron chi connectivity index (χ1n) is 8.25. The topological polar surface area (TPSA) is 97.6 Å². The zero-order valence-electron chi connectivity index (χ0n) is 14.5. The monoisotopic (exact) mass is 352 g/mol. The summed E-state index contributed by atoms with van der Waals surface area (Å²) in [6.45, 7) is 3.56. The van der Waals surface area contributed by atoms with Gasteiger partial charge < -0.3 is 15.5 Å². The summed E-state index contributed by atoms with van der Waals surface area (Å²) in [7, 11) is 0. The maximum absolute atomic E-state index is 12.0. The molecule has 7 nitrogen and oxygen atoms in total. The molecule has 134 valence electrons. The third kappa shape index (κ3) is 3.89. The molecule has 0 aliphatic carbocycles. The van der Waals surface area contributed by atoms with E-state index in [1.807, 2.05) is 55.5 Å². The summed E-state index contributed by atoms with van der Waals surface area (Å²) < 4.78 is 6.71. The summed E-state index contributed by atoms with van der Waals surface area (Å²) in [4.78, 5) is 3.91. The van der Waals surface area contributed by atoms with Gasteiger partial charge in [0.25, 0.3) is 5.69 Å². The van der Waals surface area contributed by atoms with Gasteiger partial charge in [-0.05, 0) is 22.4 Å². The summed E-state index contributed by atoms with van der Waals surface area (Å²) in [6, 6.07) is 17.4. The van der Waals surface area contributed by atoms with Crippen molar-refractivity contribution >= 4 is 17.6 Å². The number of nitrogens with one attached hydrogen (secondary N) is 1. The number of nitrogens with zero attached hydrogens (tertiary/aromatic N) is 3. The minimum atomic E-state index is -0.768. The van der Waals surface area contributed by atoms with E-state index in [1.54, 1.807) is 19.1 Å². The maximum atomic E-state index is 12.0. The largest absolute Gasteiger partial charge is 0.846 e. The average Bonchev–Trinajstić information content (AvgIpc) is 3.02. The van der Waals surface area contributed by atoms with E-state index in [-0.39, 0.29) is 11.9 Å². The standard InChI is InChI=1S/C19H20N4O3/c1-13(17(24)15-9-5-3-6-10-15)23-14(2)18(26-22-23)21-19(25)20-16-11-7-4-8-12-16/h3-13,17,24H,1-2H3,(H-,20,21,22,25). The predicted molar refractivity (Wildman–Crippen MR) is 94.7 cm³/mol. The minimum absolute atomic E-state index is 0.102. The van der Waals surface area contributed by atoms with Crippen molar-refractivity contribution in [3.63, 3.8) is 0 Å². The van der Waals surface area contributed by atoms with Crippen molar-refractivity contribution in [2.24, 2.45) is 4.99 Å². The van der Waals surface area contributed by atoms with Gasteiger partial charge in [0, 0.05) is 19.5 Å². The van der Waals surface area contributed by atoms with E-state index < -0.39 is 12.1 Å². The highest BCUT2D eigenvalue weighted by atomic mass is 16.5. The van der Waals surface area contributed by atoms with Gasteiger partial charge in [0.05, 0.1) is 6.02 Å². The van der Waals surface area contributed by atoms with Gasteiger partial charge in [0.15, 0.2) is 0 Å². The number of anilines is 1. The highest BCUT2D eigenvalue weighted by molar-refractivity contribution is 5.87. The number of hydrogen-bond acceptors (Lipinski definition) is 5. The summed E-state index contributed by atoms with van der Waals surface area (Å²) >= 11 is 0. The molecular weight excluding hydrogens is 332 g/mol. The van der Waals surface area contributed by atoms with Crippen molar-refractivity contribution in [3.8, 4) is 0 Å². The minimum Gasteiger partial charge on any atom is -0.846 e. The van der Waals surface area contributed by atoms with E-state index in [9.17, 15) is 10.2 Å². The number of benzene rings is 2. The normalized spacial score (nSPS) is 14.0. The molecule has 0 fully saturated rings. The molecule has 0 spiro atoms. The van der Waals surface area contributed by atoms with Crippen LogP contribution in [-0.2, 0) is 0 Å². The van der Waals surface area contributed by atoms with Crippen LogP contribution in [0.3, 0.4) is 0 Å². The van der Waals surface area contributed by atoms with Crippen LogP contribution in [0.1, 0.15) is 30.3 Å². The molecule has 3 rings (SSSR count). The van der Waals surface area contributed by atoms with E-state index in [2.05, 4.69) is 15.6 Å². The maximum Gasteiger partial charge on any atom is 0.325 e. The molecule has 2 atom stereocenters. The van der Waals surface area contributed by atoms with Crippen molar-refractivity contribution in [3.05, 3.63) is 71.9 Å². The second-order valence-corrected chi connectivity index (χ2v) is 5.91. The fraction of sp³-hybridized carbons (Fsp3) is 0.211. The number of para-hydroxylation sites is 1. The van der Waals surface area contributed by atoms with Gasteiger partial charge in [0.1, 0.15) is 6.10 Å². The van der Waals surface area contributed by atoms with Crippen LogP contribution in [0.4, 0.5) is 11.6 Å². The van der Waals surface area contributed by atoms with Crippen molar-refractivity contribution < 1.29 is 19.4 Å². The molecule has 1 heterocycles. The van der Waals surface area contributed by atoms with Gasteiger partial charge in [-0.15, -0.1) is 0 Å². The van der Waals surface area contributed by atoms with E-state index in [4.69, 9.17) is 4.52 Å². The Morgan fingerprint density at radius 1 is 1.15 bits per heavy atom. The lowest BCUT2D eigenvalue weighted by Gasteiger charge is -2.12. The third-order valence-corrected chi connectivity index (χ3v) is 4.08. The predicted octanol–water partition coefficient (Wildman–Crippen LogP) is 2.03. The van der Waals surface area contributed by atoms with Crippen LogP contribution in [0, 0.1) is 6.92 Å². The Hall–Kier alpha value is -3.19. The molecule has 2 unspecified atom stereocenters. The number of rotatable bonds is 5. The van der Waals surface area contributed by atoms with Crippen molar-refractivity contribution in [1.82, 2.24) is 5.27 Å². The highest BCUT2D eigenvalue weighted by Gasteiger charge is 2.32. The summed E-state index contributed by atoms with van der Waals surface area (Å²) in [6.07, 6.45) is -0.768. The van der Waals surface area contributed by atoms with Crippen LogP contribution in [0.5, 0.6) is 0 Å². The molecule has 0 aliphatic heterocycles. The Morgan fingerprint density at radius 2 is 1.77 bits per heavy atom. The zero-order chi connectivity index (χ0) is 18.5. The molecule has 0 aliphatic rings. The van der Waals surface area contributed by atoms with Gasteiger partial charge in [-0.1, -0.05) is 48.5 Å². The second-order valence-electron chi connectivity index (χ2n) is 5.91. The molecule has 0 radical (unpaired) electrons. The molecule has 0 saturated heterocycles. The first kappa shape index (κ1) is 17.6. The molecular formula is C19H20N4O3. The summed E-state index contributed by atoms with van der Waals surface area (Å²) in [5.41, 5.74) is 1.96. The number of aliphatic hydroxyl groups excluding tert-OH is 1. The van der Waals surface area contributed by atoms with Crippen molar-refractivity contribution in [1.29, 1.82) is 0 Å². The van der Waals surface area contributed by atoms with Crippen molar-refractivity contribution in [2.45, 2.75) is 26.0 Å². The molecule has 2 N–H and O–H groups in total. The van der Waals surface area contributed by atoms with Crippen LogP contribution >= 0.6 is 0 Å². The number of hydrogen-bond donors (Lipinski definition) is 2. The van der Waals surface area contributed by atoms with Crippen LogP contribution in [0.2, 0.25) is 0 Å². The van der Waals surface area contributed by atoms with Gasteiger partial charge in [-0.3, -0.25) is 4.52 Å². The first-order valence-corrected chi connectivity index (χ1v) is 8.25. The fourth-order valence-electron chi connectivity index (χ4n) is 2.62. The van der Waals surface area contributed by atoms with Crippen molar-refractivity contribution in [2.75, 3.05) is 5.32 Å². The lowest BCUT2D eigenvalue weighted by Crippen LogP contribution is -2.44. The van der Waals surface area contributed by atoms with E-state index in [0.29, 0.717) is 11.4 Å². The number of aliphatic imine (C=N–C) groups is 1.